The summed E-state index contributed by atoms with van der Waals surface area (Å²) in [5, 5.41) is 4.49. The van der Waals surface area contributed by atoms with Gasteiger partial charge in [0.25, 0.3) is 0 Å². The standard InChI is InChI=1S/C9H13BrN2S/c1-7-5-9(10)12(11-7)8-3-2-4-13-6-8/h5,8H,2-4,6H2,1H3. The lowest BCUT2D eigenvalue weighted by Crippen LogP contribution is -2.17. The topological polar surface area (TPSA) is 17.8 Å². The highest BCUT2D eigenvalue weighted by atomic mass is 79.9. The van der Waals surface area contributed by atoms with Crippen LogP contribution in [0.3, 0.4) is 0 Å². The lowest BCUT2D eigenvalue weighted by atomic mass is 10.2. The molecule has 1 aliphatic rings. The largest absolute Gasteiger partial charge is 0.254 e. The molecule has 0 amide bonds. The van der Waals surface area contributed by atoms with Crippen molar-refractivity contribution in [3.8, 4) is 0 Å². The molecular formula is C9H13BrN2S. The number of hydrogen-bond acceptors (Lipinski definition) is 2. The van der Waals surface area contributed by atoms with E-state index in [2.05, 4.69) is 31.8 Å². The SMILES string of the molecule is Cc1cc(Br)n(C2CCCSC2)n1. The Morgan fingerprint density at radius 1 is 1.69 bits per heavy atom. The van der Waals surface area contributed by atoms with Crippen LogP contribution in [0.2, 0.25) is 0 Å². The Morgan fingerprint density at radius 3 is 3.08 bits per heavy atom. The van der Waals surface area contributed by atoms with Crippen LogP contribution in [0, 0.1) is 6.92 Å². The number of aromatic nitrogens is 2. The van der Waals surface area contributed by atoms with Crippen molar-refractivity contribution in [3.63, 3.8) is 0 Å². The lowest BCUT2D eigenvalue weighted by molar-refractivity contribution is 0.445. The Morgan fingerprint density at radius 2 is 2.54 bits per heavy atom. The molecule has 0 radical (unpaired) electrons. The number of rotatable bonds is 1. The molecule has 2 heterocycles. The minimum Gasteiger partial charge on any atom is -0.254 e. The molecule has 0 saturated carbocycles. The van der Waals surface area contributed by atoms with E-state index in [9.17, 15) is 0 Å². The smallest absolute Gasteiger partial charge is 0.104 e. The molecule has 0 aliphatic carbocycles. The molecule has 1 fully saturated rings. The zero-order valence-electron chi connectivity index (χ0n) is 7.66. The highest BCUT2D eigenvalue weighted by molar-refractivity contribution is 9.10. The minimum absolute atomic E-state index is 0.599. The fourth-order valence-electron chi connectivity index (χ4n) is 1.66. The van der Waals surface area contributed by atoms with Crippen LogP contribution in [0.4, 0.5) is 0 Å². The van der Waals surface area contributed by atoms with Crippen LogP contribution in [-0.4, -0.2) is 21.3 Å². The summed E-state index contributed by atoms with van der Waals surface area (Å²) in [6.07, 6.45) is 2.59. The van der Waals surface area contributed by atoms with E-state index in [4.69, 9.17) is 0 Å². The van der Waals surface area contributed by atoms with E-state index in [1.54, 1.807) is 0 Å². The first-order valence-electron chi connectivity index (χ1n) is 4.57. The zero-order valence-corrected chi connectivity index (χ0v) is 10.1. The second kappa shape index (κ2) is 4.05. The number of hydrogen-bond donors (Lipinski definition) is 0. The second-order valence-electron chi connectivity index (χ2n) is 3.42. The fraction of sp³-hybridized carbons (Fsp3) is 0.667. The van der Waals surface area contributed by atoms with Gasteiger partial charge in [0, 0.05) is 5.75 Å². The Kier molecular flexibility index (Phi) is 2.99. The molecular weight excluding hydrogens is 248 g/mol. The lowest BCUT2D eigenvalue weighted by Gasteiger charge is -2.22. The van der Waals surface area contributed by atoms with Crippen LogP contribution in [0.25, 0.3) is 0 Å². The van der Waals surface area contributed by atoms with Crippen molar-refractivity contribution >= 4 is 27.7 Å². The molecule has 1 aromatic rings. The third-order valence-electron chi connectivity index (χ3n) is 2.29. The van der Waals surface area contributed by atoms with Crippen molar-refractivity contribution in [3.05, 3.63) is 16.4 Å². The first-order chi connectivity index (χ1) is 6.27. The van der Waals surface area contributed by atoms with Gasteiger partial charge in [0.2, 0.25) is 0 Å². The molecule has 1 atom stereocenters. The van der Waals surface area contributed by atoms with Crippen LogP contribution < -0.4 is 0 Å². The van der Waals surface area contributed by atoms with Gasteiger partial charge in [0.1, 0.15) is 4.60 Å². The first kappa shape index (κ1) is 9.59. The molecule has 0 N–H and O–H groups in total. The Hall–Kier alpha value is 0.0400. The van der Waals surface area contributed by atoms with E-state index >= 15 is 0 Å². The molecule has 0 spiro atoms. The summed E-state index contributed by atoms with van der Waals surface area (Å²) in [7, 11) is 0. The zero-order chi connectivity index (χ0) is 9.26. The summed E-state index contributed by atoms with van der Waals surface area (Å²) in [4.78, 5) is 0. The molecule has 0 bridgehead atoms. The van der Waals surface area contributed by atoms with Crippen LogP contribution in [0.1, 0.15) is 24.6 Å². The highest BCUT2D eigenvalue weighted by Crippen LogP contribution is 2.29. The van der Waals surface area contributed by atoms with Gasteiger partial charge < -0.3 is 0 Å². The number of nitrogens with zero attached hydrogens (tertiary/aromatic N) is 2. The molecule has 0 aromatic carbocycles. The summed E-state index contributed by atoms with van der Waals surface area (Å²) >= 11 is 5.58. The predicted molar refractivity (Wildman–Crippen MR) is 60.3 cm³/mol. The van der Waals surface area contributed by atoms with E-state index in [1.807, 2.05) is 18.7 Å². The van der Waals surface area contributed by atoms with Gasteiger partial charge in [-0.1, -0.05) is 0 Å². The molecule has 1 unspecified atom stereocenters. The highest BCUT2D eigenvalue weighted by Gasteiger charge is 2.18. The normalized spacial score (nSPS) is 23.4. The molecule has 1 saturated heterocycles. The summed E-state index contributed by atoms with van der Waals surface area (Å²) in [6, 6.07) is 2.68. The first-order valence-corrected chi connectivity index (χ1v) is 6.51. The minimum atomic E-state index is 0.599. The molecule has 13 heavy (non-hydrogen) atoms. The van der Waals surface area contributed by atoms with Crippen LogP contribution in [0.5, 0.6) is 0 Å². The van der Waals surface area contributed by atoms with Crippen molar-refractivity contribution in [2.45, 2.75) is 25.8 Å². The number of halogens is 1. The van der Waals surface area contributed by atoms with Crippen LogP contribution in [0.15, 0.2) is 10.7 Å². The maximum absolute atomic E-state index is 4.49. The van der Waals surface area contributed by atoms with Crippen LogP contribution >= 0.6 is 27.7 Å². The molecule has 1 aromatic heterocycles. The van der Waals surface area contributed by atoms with Gasteiger partial charge in [-0.2, -0.15) is 16.9 Å². The van der Waals surface area contributed by atoms with Gasteiger partial charge in [-0.3, -0.25) is 4.68 Å². The van der Waals surface area contributed by atoms with Crippen molar-refractivity contribution in [1.29, 1.82) is 0 Å². The Bertz CT molecular complexity index is 292. The number of aryl methyl sites for hydroxylation is 1. The molecule has 2 rings (SSSR count). The summed E-state index contributed by atoms with van der Waals surface area (Å²) in [6.45, 7) is 2.04. The van der Waals surface area contributed by atoms with Gasteiger partial charge >= 0.3 is 0 Å². The van der Waals surface area contributed by atoms with E-state index in [0.717, 1.165) is 10.3 Å². The van der Waals surface area contributed by atoms with Gasteiger partial charge in [-0.15, -0.1) is 0 Å². The van der Waals surface area contributed by atoms with Gasteiger partial charge in [0.05, 0.1) is 11.7 Å². The van der Waals surface area contributed by atoms with E-state index < -0.39 is 0 Å². The van der Waals surface area contributed by atoms with E-state index in [-0.39, 0.29) is 0 Å². The summed E-state index contributed by atoms with van der Waals surface area (Å²) < 4.78 is 3.25. The number of thioether (sulfide) groups is 1. The van der Waals surface area contributed by atoms with Gasteiger partial charge in [-0.25, -0.2) is 0 Å². The third-order valence-corrected chi connectivity index (χ3v) is 4.08. The summed E-state index contributed by atoms with van der Waals surface area (Å²) in [5.74, 6) is 2.52. The van der Waals surface area contributed by atoms with Gasteiger partial charge in [-0.05, 0) is 47.5 Å². The maximum Gasteiger partial charge on any atom is 0.104 e. The third kappa shape index (κ3) is 2.10. The average Bonchev–Trinajstić information content (AvgIpc) is 2.47. The van der Waals surface area contributed by atoms with Crippen molar-refractivity contribution < 1.29 is 0 Å². The molecule has 2 nitrogen and oxygen atoms in total. The quantitative estimate of drug-likeness (QED) is 0.773. The van der Waals surface area contributed by atoms with Crippen molar-refractivity contribution in [2.75, 3.05) is 11.5 Å². The second-order valence-corrected chi connectivity index (χ2v) is 5.39. The summed E-state index contributed by atoms with van der Waals surface area (Å²) in [5.41, 5.74) is 1.10. The van der Waals surface area contributed by atoms with Gasteiger partial charge in [0.15, 0.2) is 0 Å². The van der Waals surface area contributed by atoms with E-state index in [0.29, 0.717) is 6.04 Å². The Labute approximate surface area is 91.2 Å². The predicted octanol–water partition coefficient (Wildman–Crippen LogP) is 3.02. The molecule has 72 valence electrons. The monoisotopic (exact) mass is 260 g/mol. The maximum atomic E-state index is 4.49. The molecule has 4 heteroatoms. The van der Waals surface area contributed by atoms with Crippen molar-refractivity contribution in [2.24, 2.45) is 0 Å². The fourth-order valence-corrected chi connectivity index (χ4v) is 3.48. The van der Waals surface area contributed by atoms with Crippen LogP contribution in [-0.2, 0) is 0 Å². The van der Waals surface area contributed by atoms with Crippen molar-refractivity contribution in [1.82, 2.24) is 9.78 Å². The molecule has 1 aliphatic heterocycles. The average molecular weight is 261 g/mol. The Balaban J connectivity index is 2.18. The van der Waals surface area contributed by atoms with E-state index in [1.165, 1.54) is 24.3 Å².